The third kappa shape index (κ3) is 5.52. The SMILES string of the molecule is CCOC(=O)C1CC(CP(=O)(OCC)OCC)CCN1. The average Bonchev–Trinajstić information content (AvgIpc) is 2.39. The second kappa shape index (κ2) is 8.78. The Bertz CT molecular complexity index is 340. The minimum absolute atomic E-state index is 0.148. The van der Waals surface area contributed by atoms with Crippen molar-refractivity contribution in [3.8, 4) is 0 Å². The van der Waals surface area contributed by atoms with Crippen molar-refractivity contribution in [3.63, 3.8) is 0 Å². The van der Waals surface area contributed by atoms with Crippen LogP contribution >= 0.6 is 7.60 Å². The fraction of sp³-hybridized carbons (Fsp3) is 0.923. The fourth-order valence-electron chi connectivity index (χ4n) is 2.44. The predicted octanol–water partition coefficient (Wildman–Crippen LogP) is 2.18. The highest BCUT2D eigenvalue weighted by atomic mass is 31.2. The van der Waals surface area contributed by atoms with E-state index in [0.29, 0.717) is 38.9 Å². The van der Waals surface area contributed by atoms with Crippen LogP contribution in [0.2, 0.25) is 0 Å². The summed E-state index contributed by atoms with van der Waals surface area (Å²) in [5.41, 5.74) is 0. The summed E-state index contributed by atoms with van der Waals surface area (Å²) in [6, 6.07) is -0.314. The number of esters is 1. The zero-order chi connectivity index (χ0) is 15.0. The third-order valence-corrected chi connectivity index (χ3v) is 5.48. The number of nitrogens with one attached hydrogen (secondary N) is 1. The number of carbonyl (C=O) groups is 1. The Labute approximate surface area is 121 Å². The Hall–Kier alpha value is -0.420. The molecule has 7 heteroatoms. The van der Waals surface area contributed by atoms with Gasteiger partial charge in [0, 0.05) is 0 Å². The molecule has 0 saturated carbocycles. The summed E-state index contributed by atoms with van der Waals surface area (Å²) in [6.07, 6.45) is 1.84. The van der Waals surface area contributed by atoms with Crippen LogP contribution in [0.25, 0.3) is 0 Å². The van der Waals surface area contributed by atoms with Gasteiger partial charge in [0.1, 0.15) is 6.04 Å². The minimum atomic E-state index is -3.04. The summed E-state index contributed by atoms with van der Waals surface area (Å²) in [5.74, 6) is -0.0885. The predicted molar refractivity (Wildman–Crippen MR) is 76.9 cm³/mol. The first-order valence-corrected chi connectivity index (χ1v) is 9.05. The van der Waals surface area contributed by atoms with E-state index in [9.17, 15) is 9.36 Å². The van der Waals surface area contributed by atoms with E-state index >= 15 is 0 Å². The van der Waals surface area contributed by atoms with Crippen molar-refractivity contribution >= 4 is 13.6 Å². The van der Waals surface area contributed by atoms with Crippen LogP contribution in [0.5, 0.6) is 0 Å². The Morgan fingerprint density at radius 2 is 1.85 bits per heavy atom. The van der Waals surface area contributed by atoms with Crippen LogP contribution in [0.15, 0.2) is 0 Å². The van der Waals surface area contributed by atoms with Gasteiger partial charge in [-0.3, -0.25) is 9.36 Å². The molecule has 1 rings (SSSR count). The highest BCUT2D eigenvalue weighted by Gasteiger charge is 2.34. The summed E-state index contributed by atoms with van der Waals surface area (Å²) < 4.78 is 28.1. The summed E-state index contributed by atoms with van der Waals surface area (Å²) in [6.45, 7) is 7.21. The first-order valence-electron chi connectivity index (χ1n) is 7.32. The number of piperidine rings is 1. The number of rotatable bonds is 8. The Morgan fingerprint density at radius 1 is 1.20 bits per heavy atom. The Kier molecular flexibility index (Phi) is 7.74. The maximum Gasteiger partial charge on any atom is 0.330 e. The molecule has 0 radical (unpaired) electrons. The van der Waals surface area contributed by atoms with Gasteiger partial charge in [-0.05, 0) is 46.1 Å². The van der Waals surface area contributed by atoms with Crippen LogP contribution in [0.4, 0.5) is 0 Å². The molecule has 20 heavy (non-hydrogen) atoms. The van der Waals surface area contributed by atoms with E-state index in [1.165, 1.54) is 0 Å². The van der Waals surface area contributed by atoms with E-state index in [4.69, 9.17) is 13.8 Å². The topological polar surface area (TPSA) is 73.9 Å². The highest BCUT2D eigenvalue weighted by molar-refractivity contribution is 7.53. The molecule has 2 unspecified atom stereocenters. The molecule has 0 aromatic carbocycles. The van der Waals surface area contributed by atoms with Crippen molar-refractivity contribution in [2.75, 3.05) is 32.5 Å². The molecule has 118 valence electrons. The van der Waals surface area contributed by atoms with E-state index < -0.39 is 7.60 Å². The number of carbonyl (C=O) groups excluding carboxylic acids is 1. The maximum atomic E-state index is 12.5. The quantitative estimate of drug-likeness (QED) is 0.547. The van der Waals surface area contributed by atoms with Crippen LogP contribution in [0.1, 0.15) is 33.6 Å². The van der Waals surface area contributed by atoms with Crippen molar-refractivity contribution in [3.05, 3.63) is 0 Å². The standard InChI is InChI=1S/C13H26NO5P/c1-4-17-13(15)12-9-11(7-8-14-12)10-20(16,18-5-2)19-6-3/h11-12,14H,4-10H2,1-3H3. The molecule has 2 atom stereocenters. The highest BCUT2D eigenvalue weighted by Crippen LogP contribution is 2.50. The van der Waals surface area contributed by atoms with Crippen LogP contribution in [-0.2, 0) is 23.1 Å². The zero-order valence-corrected chi connectivity index (χ0v) is 13.5. The van der Waals surface area contributed by atoms with Crippen molar-refractivity contribution in [1.29, 1.82) is 0 Å². The summed E-state index contributed by atoms with van der Waals surface area (Å²) >= 11 is 0. The van der Waals surface area contributed by atoms with E-state index in [2.05, 4.69) is 5.32 Å². The van der Waals surface area contributed by atoms with Gasteiger partial charge in [-0.2, -0.15) is 0 Å². The lowest BCUT2D eigenvalue weighted by atomic mass is 9.94. The molecule has 0 amide bonds. The smallest absolute Gasteiger partial charge is 0.330 e. The van der Waals surface area contributed by atoms with Gasteiger partial charge < -0.3 is 19.1 Å². The second-order valence-corrected chi connectivity index (χ2v) is 6.88. The van der Waals surface area contributed by atoms with E-state index in [1.54, 1.807) is 20.8 Å². The van der Waals surface area contributed by atoms with Crippen molar-refractivity contribution < 1.29 is 23.1 Å². The van der Waals surface area contributed by atoms with Gasteiger partial charge in [-0.1, -0.05) is 0 Å². The van der Waals surface area contributed by atoms with E-state index in [0.717, 1.165) is 6.42 Å². The molecule has 0 aromatic rings. The molecule has 1 heterocycles. The molecule has 1 aliphatic rings. The number of hydrogen-bond donors (Lipinski definition) is 1. The van der Waals surface area contributed by atoms with Crippen LogP contribution in [0.3, 0.4) is 0 Å². The summed E-state index contributed by atoms with van der Waals surface area (Å²) in [4.78, 5) is 11.7. The monoisotopic (exact) mass is 307 g/mol. The second-order valence-electron chi connectivity index (χ2n) is 4.78. The maximum absolute atomic E-state index is 12.5. The number of ether oxygens (including phenoxy) is 1. The van der Waals surface area contributed by atoms with Gasteiger partial charge in [0.2, 0.25) is 0 Å². The summed E-state index contributed by atoms with van der Waals surface area (Å²) in [7, 11) is -3.04. The van der Waals surface area contributed by atoms with Crippen LogP contribution < -0.4 is 5.32 Å². The van der Waals surface area contributed by atoms with Gasteiger partial charge in [-0.25, -0.2) is 0 Å². The molecule has 0 aromatic heterocycles. The first kappa shape index (κ1) is 17.6. The van der Waals surface area contributed by atoms with Crippen molar-refractivity contribution in [2.24, 2.45) is 5.92 Å². The average molecular weight is 307 g/mol. The fourth-order valence-corrected chi connectivity index (χ4v) is 4.47. The zero-order valence-electron chi connectivity index (χ0n) is 12.6. The first-order chi connectivity index (χ1) is 9.54. The Balaban J connectivity index is 2.57. The van der Waals surface area contributed by atoms with Gasteiger partial charge in [-0.15, -0.1) is 0 Å². The molecular weight excluding hydrogens is 281 g/mol. The van der Waals surface area contributed by atoms with Crippen LogP contribution in [0, 0.1) is 5.92 Å². The largest absolute Gasteiger partial charge is 0.465 e. The normalized spacial score (nSPS) is 23.6. The minimum Gasteiger partial charge on any atom is -0.465 e. The lowest BCUT2D eigenvalue weighted by Crippen LogP contribution is -2.45. The molecule has 6 nitrogen and oxygen atoms in total. The van der Waals surface area contributed by atoms with E-state index in [-0.39, 0.29) is 17.9 Å². The van der Waals surface area contributed by atoms with Gasteiger partial charge >= 0.3 is 13.6 Å². The molecule has 1 aliphatic heterocycles. The summed E-state index contributed by atoms with van der Waals surface area (Å²) in [5, 5.41) is 3.14. The molecule has 1 fully saturated rings. The van der Waals surface area contributed by atoms with Crippen molar-refractivity contribution in [2.45, 2.75) is 39.7 Å². The lowest BCUT2D eigenvalue weighted by Gasteiger charge is -2.30. The Morgan fingerprint density at radius 3 is 2.40 bits per heavy atom. The van der Waals surface area contributed by atoms with Gasteiger partial charge in [0.25, 0.3) is 0 Å². The van der Waals surface area contributed by atoms with Crippen molar-refractivity contribution in [1.82, 2.24) is 5.32 Å². The molecule has 0 spiro atoms. The number of hydrogen-bond acceptors (Lipinski definition) is 6. The van der Waals surface area contributed by atoms with Crippen LogP contribution in [-0.4, -0.2) is 44.5 Å². The molecule has 0 bridgehead atoms. The molecule has 1 N–H and O–H groups in total. The lowest BCUT2D eigenvalue weighted by molar-refractivity contribution is -0.146. The molecular formula is C13H26NO5P. The molecule has 1 saturated heterocycles. The van der Waals surface area contributed by atoms with Gasteiger partial charge in [0.15, 0.2) is 0 Å². The third-order valence-electron chi connectivity index (χ3n) is 3.22. The van der Waals surface area contributed by atoms with Gasteiger partial charge in [0.05, 0.1) is 26.0 Å². The molecule has 0 aliphatic carbocycles. The van der Waals surface area contributed by atoms with E-state index in [1.807, 2.05) is 0 Å².